The maximum atomic E-state index is 10.2. The van der Waals surface area contributed by atoms with Gasteiger partial charge in [0.15, 0.2) is 5.69 Å². The summed E-state index contributed by atoms with van der Waals surface area (Å²) >= 11 is 0. The van der Waals surface area contributed by atoms with Crippen LogP contribution in [0.15, 0.2) is 152 Å². The maximum absolute atomic E-state index is 10.2. The molecule has 0 saturated heterocycles. The van der Waals surface area contributed by atoms with E-state index in [0.29, 0.717) is 16.8 Å². The monoisotopic (exact) mass is 635 g/mol. The van der Waals surface area contributed by atoms with Crippen LogP contribution in [0.4, 0.5) is 5.69 Å². The Morgan fingerprint density at radius 1 is 0.460 bits per heavy atom. The lowest BCUT2D eigenvalue weighted by Crippen LogP contribution is -1.98. The van der Waals surface area contributed by atoms with Crippen molar-refractivity contribution in [3.63, 3.8) is 0 Å². The zero-order valence-electron chi connectivity index (χ0n) is 26.7. The molecule has 0 atom stereocenters. The summed E-state index contributed by atoms with van der Waals surface area (Å²) in [6.07, 6.45) is 0. The molecule has 0 bridgehead atoms. The summed E-state index contributed by atoms with van der Waals surface area (Å²) < 4.78 is 4.46. The third kappa shape index (κ3) is 4.45. The van der Waals surface area contributed by atoms with Gasteiger partial charge < -0.3 is 9.13 Å². The molecule has 230 valence electrons. The first-order valence-electron chi connectivity index (χ1n) is 16.2. The minimum atomic E-state index is 0.540. The van der Waals surface area contributed by atoms with Gasteiger partial charge in [0, 0.05) is 38.3 Å². The molecular weight excluding hydrogens is 611 g/mol. The van der Waals surface area contributed by atoms with Crippen LogP contribution in [0.3, 0.4) is 0 Å². The summed E-state index contributed by atoms with van der Waals surface area (Å²) in [5.74, 6) is 0. The Hall–Kier alpha value is -7.39. The molecule has 0 spiro atoms. The van der Waals surface area contributed by atoms with Crippen LogP contribution in [0.5, 0.6) is 0 Å². The number of aromatic nitrogens is 2. The van der Waals surface area contributed by atoms with E-state index < -0.39 is 0 Å². The molecule has 2 aromatic heterocycles. The Morgan fingerprint density at radius 3 is 1.82 bits per heavy atom. The molecule has 0 fully saturated rings. The van der Waals surface area contributed by atoms with Gasteiger partial charge in [-0.05, 0) is 89.5 Å². The van der Waals surface area contributed by atoms with Crippen molar-refractivity contribution in [3.05, 3.63) is 174 Å². The van der Waals surface area contributed by atoms with Crippen molar-refractivity contribution in [1.82, 2.24) is 9.13 Å². The number of hydrogen-bond acceptors (Lipinski definition) is 2. The highest BCUT2D eigenvalue weighted by molar-refractivity contribution is 6.11. The lowest BCUT2D eigenvalue weighted by atomic mass is 9.95. The molecule has 0 aliphatic carbocycles. The fourth-order valence-electron chi connectivity index (χ4n) is 7.34. The number of fused-ring (bicyclic) bond motifs is 6. The largest absolute Gasteiger partial charge is 0.310 e. The third-order valence-corrected chi connectivity index (χ3v) is 9.57. The minimum Gasteiger partial charge on any atom is -0.310 e. The molecule has 2 heterocycles. The number of nitrogens with zero attached hydrogens (tertiary/aromatic N) is 5. The van der Waals surface area contributed by atoms with Crippen LogP contribution in [0.25, 0.3) is 82.1 Å². The van der Waals surface area contributed by atoms with Crippen LogP contribution in [-0.2, 0) is 0 Å². The normalized spacial score (nSPS) is 11.1. The zero-order valence-corrected chi connectivity index (χ0v) is 26.7. The molecule has 0 aliphatic heterocycles. The fourth-order valence-corrected chi connectivity index (χ4v) is 7.34. The Labute approximate surface area is 288 Å². The van der Waals surface area contributed by atoms with E-state index in [9.17, 15) is 10.5 Å². The van der Waals surface area contributed by atoms with E-state index in [1.165, 1.54) is 10.8 Å². The topological polar surface area (TPSA) is 61.8 Å². The Morgan fingerprint density at radius 2 is 1.10 bits per heavy atom. The lowest BCUT2D eigenvalue weighted by Gasteiger charge is -2.16. The molecule has 50 heavy (non-hydrogen) atoms. The predicted octanol–water partition coefficient (Wildman–Crippen LogP) is 11.5. The van der Waals surface area contributed by atoms with E-state index >= 15 is 0 Å². The molecule has 0 aliphatic rings. The van der Waals surface area contributed by atoms with E-state index in [4.69, 9.17) is 6.57 Å². The molecule has 5 nitrogen and oxygen atoms in total. The van der Waals surface area contributed by atoms with Gasteiger partial charge in [0.05, 0.1) is 52.1 Å². The van der Waals surface area contributed by atoms with Gasteiger partial charge in [-0.3, -0.25) is 0 Å². The van der Waals surface area contributed by atoms with Crippen LogP contribution in [0, 0.1) is 29.2 Å². The van der Waals surface area contributed by atoms with E-state index in [2.05, 4.69) is 117 Å². The molecule has 7 aromatic carbocycles. The Kier molecular flexibility index (Phi) is 6.56. The van der Waals surface area contributed by atoms with E-state index in [0.717, 1.165) is 66.5 Å². The predicted molar refractivity (Wildman–Crippen MR) is 202 cm³/mol. The van der Waals surface area contributed by atoms with Gasteiger partial charge in [0.25, 0.3) is 0 Å². The summed E-state index contributed by atoms with van der Waals surface area (Å²) in [7, 11) is 0. The Balaban J connectivity index is 1.20. The average Bonchev–Trinajstić information content (AvgIpc) is 3.69. The van der Waals surface area contributed by atoms with Crippen molar-refractivity contribution in [1.29, 1.82) is 10.5 Å². The van der Waals surface area contributed by atoms with Crippen LogP contribution >= 0.6 is 0 Å². The van der Waals surface area contributed by atoms with Crippen molar-refractivity contribution in [2.24, 2.45) is 0 Å². The highest BCUT2D eigenvalue weighted by Crippen LogP contribution is 2.39. The van der Waals surface area contributed by atoms with Crippen molar-refractivity contribution < 1.29 is 0 Å². The van der Waals surface area contributed by atoms with Crippen LogP contribution in [0.1, 0.15) is 11.1 Å². The van der Waals surface area contributed by atoms with E-state index in [1.807, 2.05) is 60.7 Å². The van der Waals surface area contributed by atoms with Gasteiger partial charge in [-0.2, -0.15) is 10.5 Å². The second-order valence-electron chi connectivity index (χ2n) is 12.3. The summed E-state index contributed by atoms with van der Waals surface area (Å²) in [4.78, 5) is 3.71. The van der Waals surface area contributed by atoms with E-state index in [-0.39, 0.29) is 0 Å². The summed E-state index contributed by atoms with van der Waals surface area (Å²) in [6, 6.07) is 55.7. The first kappa shape index (κ1) is 28.8. The first-order chi connectivity index (χ1) is 24.6. The fraction of sp³-hybridized carbons (Fsp3) is 0. The number of para-hydroxylation sites is 3. The van der Waals surface area contributed by atoms with Gasteiger partial charge in [0.1, 0.15) is 0 Å². The van der Waals surface area contributed by atoms with Gasteiger partial charge in [-0.1, -0.05) is 78.9 Å². The zero-order chi connectivity index (χ0) is 33.8. The number of benzene rings is 7. The average molecular weight is 636 g/mol. The quantitative estimate of drug-likeness (QED) is 0.181. The second kappa shape index (κ2) is 11.4. The molecular formula is C45H25N5. The van der Waals surface area contributed by atoms with Crippen molar-refractivity contribution in [2.45, 2.75) is 0 Å². The maximum Gasteiger partial charge on any atom is 0.189 e. The van der Waals surface area contributed by atoms with Crippen molar-refractivity contribution >= 4 is 49.3 Å². The summed E-state index contributed by atoms with van der Waals surface area (Å²) in [6.45, 7) is 7.69. The minimum absolute atomic E-state index is 0.540. The van der Waals surface area contributed by atoms with Crippen LogP contribution in [-0.4, -0.2) is 9.13 Å². The van der Waals surface area contributed by atoms with Gasteiger partial charge in [0.2, 0.25) is 0 Å². The molecule has 0 N–H and O–H groups in total. The van der Waals surface area contributed by atoms with Crippen LogP contribution in [0.2, 0.25) is 0 Å². The Bertz CT molecular complexity index is 2900. The third-order valence-electron chi connectivity index (χ3n) is 9.57. The second-order valence-corrected chi connectivity index (χ2v) is 12.3. The van der Waals surface area contributed by atoms with Gasteiger partial charge >= 0.3 is 0 Å². The smallest absolute Gasteiger partial charge is 0.189 e. The summed E-state index contributed by atoms with van der Waals surface area (Å²) in [5.41, 5.74) is 11.6. The van der Waals surface area contributed by atoms with E-state index in [1.54, 1.807) is 0 Å². The standard InChI is InChI=1S/C45H25N5/c1-48-34-17-20-39-40-24-29(27-46)14-21-44(40)50(45(39)26-34)41-11-5-2-8-36(41)33-23-30(28-47)22-32(25-33)31-15-18-35(19-16-31)49-42-12-6-3-9-37(42)38-10-4-7-13-43(38)49/h2-26H. The number of nitriles is 2. The highest BCUT2D eigenvalue weighted by Gasteiger charge is 2.18. The van der Waals surface area contributed by atoms with Gasteiger partial charge in [-0.25, -0.2) is 4.85 Å². The van der Waals surface area contributed by atoms with Crippen molar-refractivity contribution in [3.8, 4) is 45.8 Å². The molecule has 0 saturated carbocycles. The molecule has 0 radical (unpaired) electrons. The molecule has 9 aromatic rings. The number of hydrogen-bond donors (Lipinski definition) is 0. The molecule has 0 amide bonds. The SMILES string of the molecule is [C-]#[N+]c1ccc2c3cc(C#N)ccc3n(-c3ccccc3-c3cc(C#N)cc(-c4ccc(-n5c6ccccc6c6ccccc65)cc4)c3)c2c1. The molecule has 0 unspecified atom stereocenters. The first-order valence-corrected chi connectivity index (χ1v) is 16.2. The molecule has 9 rings (SSSR count). The summed E-state index contributed by atoms with van der Waals surface area (Å²) in [5, 5.41) is 24.2. The number of rotatable bonds is 4. The lowest BCUT2D eigenvalue weighted by molar-refractivity contribution is 1.18. The molecule has 5 heteroatoms. The highest BCUT2D eigenvalue weighted by atomic mass is 15.0. The van der Waals surface area contributed by atoms with Crippen LogP contribution < -0.4 is 0 Å². The van der Waals surface area contributed by atoms with Gasteiger partial charge in [-0.15, -0.1) is 0 Å². The van der Waals surface area contributed by atoms with Crippen molar-refractivity contribution in [2.75, 3.05) is 0 Å².